The van der Waals surface area contributed by atoms with Gasteiger partial charge < -0.3 is 10.8 Å². The fourth-order valence-corrected chi connectivity index (χ4v) is 3.77. The van der Waals surface area contributed by atoms with Gasteiger partial charge in [-0.15, -0.1) is 5.10 Å². The van der Waals surface area contributed by atoms with Crippen molar-refractivity contribution < 1.29 is 19.4 Å². The number of para-hydroxylation sites is 1. The van der Waals surface area contributed by atoms with Crippen LogP contribution in [0.15, 0.2) is 42.6 Å². The van der Waals surface area contributed by atoms with E-state index in [0.29, 0.717) is 41.0 Å². The molecule has 9 nitrogen and oxygen atoms in total. The normalized spacial score (nSPS) is 15.3. The summed E-state index contributed by atoms with van der Waals surface area (Å²) in [6, 6.07) is 9.79. The molecule has 30 heavy (non-hydrogen) atoms. The number of benzene rings is 1. The van der Waals surface area contributed by atoms with Gasteiger partial charge in [-0.2, -0.15) is 0 Å². The number of fused-ring (bicyclic) bond motifs is 1. The Balaban J connectivity index is 1.50. The molecule has 0 radical (unpaired) electrons. The minimum atomic E-state index is -1.00. The molecular formula is C20H19FN7O2+. The SMILES string of the molecule is Nc1nc(-c2cn(Cc3cccc(C4(O)CCC4)[n+]3O)nn2)c2cccc(F)c2n1. The van der Waals surface area contributed by atoms with Crippen molar-refractivity contribution in [2.45, 2.75) is 31.4 Å². The number of aliphatic hydroxyl groups is 1. The van der Waals surface area contributed by atoms with E-state index in [1.54, 1.807) is 36.5 Å². The third-order valence-corrected chi connectivity index (χ3v) is 5.50. The smallest absolute Gasteiger partial charge is 0.265 e. The van der Waals surface area contributed by atoms with Crippen LogP contribution < -0.4 is 10.5 Å². The van der Waals surface area contributed by atoms with E-state index in [0.717, 1.165) is 11.2 Å². The number of pyridine rings is 1. The highest BCUT2D eigenvalue weighted by atomic mass is 19.1. The lowest BCUT2D eigenvalue weighted by atomic mass is 9.77. The molecule has 1 aliphatic carbocycles. The average Bonchev–Trinajstić information content (AvgIpc) is 3.16. The zero-order chi connectivity index (χ0) is 20.9. The highest BCUT2D eigenvalue weighted by Gasteiger charge is 2.44. The Morgan fingerprint density at radius 2 is 1.97 bits per heavy atom. The summed E-state index contributed by atoms with van der Waals surface area (Å²) in [5, 5.41) is 29.9. The molecule has 10 heteroatoms. The van der Waals surface area contributed by atoms with Crippen molar-refractivity contribution in [3.05, 3.63) is 59.8 Å². The zero-order valence-corrected chi connectivity index (χ0v) is 15.9. The van der Waals surface area contributed by atoms with Gasteiger partial charge in [0.05, 0.1) is 6.20 Å². The first-order valence-corrected chi connectivity index (χ1v) is 9.53. The van der Waals surface area contributed by atoms with Crippen molar-refractivity contribution in [2.75, 3.05) is 5.73 Å². The Kier molecular flexibility index (Phi) is 4.10. The van der Waals surface area contributed by atoms with Crippen LogP contribution in [0, 0.1) is 5.82 Å². The van der Waals surface area contributed by atoms with E-state index in [-0.39, 0.29) is 18.0 Å². The van der Waals surface area contributed by atoms with Crippen molar-refractivity contribution in [2.24, 2.45) is 0 Å². The van der Waals surface area contributed by atoms with Crippen LogP contribution >= 0.6 is 0 Å². The molecule has 152 valence electrons. The maximum atomic E-state index is 14.1. The lowest BCUT2D eigenvalue weighted by Crippen LogP contribution is -2.50. The minimum Gasteiger partial charge on any atom is -0.379 e. The van der Waals surface area contributed by atoms with Gasteiger partial charge >= 0.3 is 0 Å². The summed E-state index contributed by atoms with van der Waals surface area (Å²) >= 11 is 0. The Morgan fingerprint density at radius 1 is 1.17 bits per heavy atom. The summed E-state index contributed by atoms with van der Waals surface area (Å²) in [4.78, 5) is 8.18. The molecule has 0 aliphatic heterocycles. The molecule has 1 aliphatic rings. The van der Waals surface area contributed by atoms with E-state index < -0.39 is 11.4 Å². The second kappa shape index (κ2) is 6.70. The van der Waals surface area contributed by atoms with E-state index in [1.807, 2.05) is 0 Å². The number of nitrogens with zero attached hydrogens (tertiary/aromatic N) is 6. The number of nitrogens with two attached hydrogens (primary N) is 1. The van der Waals surface area contributed by atoms with Gasteiger partial charge in [0.2, 0.25) is 5.95 Å². The zero-order valence-electron chi connectivity index (χ0n) is 15.9. The van der Waals surface area contributed by atoms with Crippen molar-refractivity contribution in [1.82, 2.24) is 25.0 Å². The summed E-state index contributed by atoms with van der Waals surface area (Å²) < 4.78 is 16.7. The number of rotatable bonds is 4. The van der Waals surface area contributed by atoms with Crippen LogP contribution in [0.4, 0.5) is 10.3 Å². The maximum Gasteiger partial charge on any atom is 0.265 e. The molecule has 0 amide bonds. The summed E-state index contributed by atoms with van der Waals surface area (Å²) in [5.74, 6) is -0.561. The predicted octanol–water partition coefficient (Wildman–Crippen LogP) is 1.55. The van der Waals surface area contributed by atoms with Crippen LogP contribution in [-0.4, -0.2) is 35.3 Å². The second-order valence-electron chi connectivity index (χ2n) is 7.47. The topological polar surface area (TPSA) is 127 Å². The number of hydrogen-bond acceptors (Lipinski definition) is 7. The molecule has 4 aromatic rings. The number of halogens is 1. The largest absolute Gasteiger partial charge is 0.379 e. The lowest BCUT2D eigenvalue weighted by molar-refractivity contribution is -0.918. The summed E-state index contributed by atoms with van der Waals surface area (Å²) in [6.07, 6.45) is 3.78. The standard InChI is InChI=1S/C20H19FN7O2/c21-14-6-2-5-13-17(14)23-19(22)24-18(13)15-11-27(26-25-15)10-12-4-1-7-16(28(12)30)20(29)8-3-9-20/h1-2,4-7,11,29-30H,3,8-10H2,(H2,22,23,24)/q+1. The maximum absolute atomic E-state index is 14.1. The number of nitrogen functional groups attached to an aromatic ring is 1. The lowest BCUT2D eigenvalue weighted by Gasteiger charge is -2.32. The molecule has 3 aromatic heterocycles. The highest BCUT2D eigenvalue weighted by molar-refractivity contribution is 5.92. The van der Waals surface area contributed by atoms with E-state index in [9.17, 15) is 14.7 Å². The van der Waals surface area contributed by atoms with Crippen LogP contribution in [0.1, 0.15) is 30.7 Å². The number of aromatic nitrogens is 6. The predicted molar refractivity (Wildman–Crippen MR) is 104 cm³/mol. The summed E-state index contributed by atoms with van der Waals surface area (Å²) in [6.45, 7) is 0.209. The quantitative estimate of drug-likeness (QED) is 0.345. The van der Waals surface area contributed by atoms with E-state index in [4.69, 9.17) is 5.73 Å². The Morgan fingerprint density at radius 3 is 2.73 bits per heavy atom. The first-order valence-electron chi connectivity index (χ1n) is 9.53. The fourth-order valence-electron chi connectivity index (χ4n) is 3.77. The van der Waals surface area contributed by atoms with Gasteiger partial charge in [0.15, 0.2) is 5.60 Å². The minimum absolute atomic E-state index is 0.0632. The Labute approximate surface area is 170 Å². The molecule has 1 fully saturated rings. The van der Waals surface area contributed by atoms with Crippen molar-refractivity contribution in [1.29, 1.82) is 0 Å². The fraction of sp³-hybridized carbons (Fsp3) is 0.250. The average molecular weight is 408 g/mol. The molecule has 5 rings (SSSR count). The van der Waals surface area contributed by atoms with Crippen molar-refractivity contribution in [3.8, 4) is 11.4 Å². The van der Waals surface area contributed by atoms with Crippen molar-refractivity contribution >= 4 is 16.9 Å². The molecule has 0 unspecified atom stereocenters. The molecule has 1 saturated carbocycles. The molecule has 0 saturated heterocycles. The van der Waals surface area contributed by atoms with Gasteiger partial charge in [0, 0.05) is 22.2 Å². The molecule has 1 aromatic carbocycles. The van der Waals surface area contributed by atoms with Crippen LogP contribution in [0.5, 0.6) is 0 Å². The van der Waals surface area contributed by atoms with Gasteiger partial charge in [-0.05, 0) is 31.4 Å². The molecular weight excluding hydrogens is 389 g/mol. The molecule has 3 heterocycles. The molecule has 0 atom stereocenters. The van der Waals surface area contributed by atoms with Crippen molar-refractivity contribution in [3.63, 3.8) is 0 Å². The van der Waals surface area contributed by atoms with Gasteiger partial charge in [-0.1, -0.05) is 17.3 Å². The second-order valence-corrected chi connectivity index (χ2v) is 7.47. The third-order valence-electron chi connectivity index (χ3n) is 5.50. The summed E-state index contributed by atoms with van der Waals surface area (Å²) in [7, 11) is 0. The highest BCUT2D eigenvalue weighted by Crippen LogP contribution is 2.39. The van der Waals surface area contributed by atoms with Crippen LogP contribution in [0.2, 0.25) is 0 Å². The van der Waals surface area contributed by atoms with E-state index in [1.165, 1.54) is 10.7 Å². The van der Waals surface area contributed by atoms with Gasteiger partial charge in [-0.25, -0.2) is 19.0 Å². The monoisotopic (exact) mass is 408 g/mol. The van der Waals surface area contributed by atoms with Crippen LogP contribution in [0.25, 0.3) is 22.3 Å². The Hall–Kier alpha value is -3.66. The molecule has 0 bridgehead atoms. The molecule has 0 spiro atoms. The van der Waals surface area contributed by atoms with E-state index >= 15 is 0 Å². The first kappa shape index (κ1) is 18.4. The Bertz CT molecular complexity index is 1270. The summed E-state index contributed by atoms with van der Waals surface area (Å²) in [5.41, 5.74) is 6.63. The van der Waals surface area contributed by atoms with Crippen LogP contribution in [-0.2, 0) is 12.1 Å². The van der Waals surface area contributed by atoms with E-state index in [2.05, 4.69) is 20.3 Å². The molecule has 4 N–H and O–H groups in total. The van der Waals surface area contributed by atoms with Gasteiger partial charge in [0.25, 0.3) is 11.4 Å². The van der Waals surface area contributed by atoms with Gasteiger partial charge in [-0.3, -0.25) is 5.21 Å². The third kappa shape index (κ3) is 2.92. The van der Waals surface area contributed by atoms with Gasteiger partial charge in [0.1, 0.15) is 29.3 Å². The number of hydrogen-bond donors (Lipinski definition) is 3. The van der Waals surface area contributed by atoms with Crippen LogP contribution in [0.3, 0.4) is 0 Å². The first-order chi connectivity index (χ1) is 14.4. The number of anilines is 1.